The van der Waals surface area contributed by atoms with Gasteiger partial charge in [-0.1, -0.05) is 18.2 Å². The zero-order valence-electron chi connectivity index (χ0n) is 6.15. The lowest BCUT2D eigenvalue weighted by Gasteiger charge is -1.97. The first-order valence-electron chi connectivity index (χ1n) is 3.25. The van der Waals surface area contributed by atoms with Crippen LogP contribution in [0, 0.1) is 10.7 Å². The van der Waals surface area contributed by atoms with E-state index in [0.29, 0.717) is 5.56 Å². The molecule has 4 heteroatoms. The second kappa shape index (κ2) is 4.42. The zero-order chi connectivity index (χ0) is 8.81. The maximum Gasteiger partial charge on any atom is 0.261 e. The fourth-order valence-electron chi connectivity index (χ4n) is 0.718. The number of nitrogens with one attached hydrogen (secondary N) is 1. The highest BCUT2D eigenvalue weighted by Crippen LogP contribution is 2.00. The smallest absolute Gasteiger partial charge is 0.261 e. The number of nitriles is 1. The van der Waals surface area contributed by atoms with Crippen molar-refractivity contribution in [3.63, 3.8) is 0 Å². The molecule has 0 unspecified atom stereocenters. The Kier molecular flexibility index (Phi) is 3.17. The first kappa shape index (κ1) is 8.62. The third kappa shape index (κ3) is 2.29. The van der Waals surface area contributed by atoms with Crippen LogP contribution in [0.5, 0.6) is 0 Å². The van der Waals surface area contributed by atoms with E-state index in [4.69, 9.17) is 5.26 Å². The third-order valence-electron chi connectivity index (χ3n) is 1.23. The molecule has 0 heterocycles. The summed E-state index contributed by atoms with van der Waals surface area (Å²) in [6, 6.07) is 8.74. The Morgan fingerprint density at radius 1 is 1.42 bits per heavy atom. The van der Waals surface area contributed by atoms with E-state index in [-0.39, 0.29) is 5.91 Å². The normalized spacial score (nSPS) is 8.58. The van der Waals surface area contributed by atoms with Gasteiger partial charge in [-0.2, -0.15) is 5.26 Å². The maximum atomic E-state index is 11.1. The fraction of sp³-hybridized carbons (Fsp3) is 0. The van der Waals surface area contributed by atoms with Crippen LogP contribution >= 0.6 is 11.9 Å². The van der Waals surface area contributed by atoms with E-state index in [2.05, 4.69) is 4.72 Å². The molecule has 0 aliphatic heterocycles. The van der Waals surface area contributed by atoms with Crippen molar-refractivity contribution in [3.05, 3.63) is 35.9 Å². The number of thiocyanates is 1. The van der Waals surface area contributed by atoms with Crippen molar-refractivity contribution in [2.45, 2.75) is 0 Å². The van der Waals surface area contributed by atoms with E-state index in [0.717, 1.165) is 11.9 Å². The summed E-state index contributed by atoms with van der Waals surface area (Å²) in [5.41, 5.74) is 0.556. The number of hydrogen-bond donors (Lipinski definition) is 1. The number of carbonyl (C=O) groups excluding carboxylic acids is 1. The molecular formula is C8H6N2OS. The van der Waals surface area contributed by atoms with E-state index < -0.39 is 0 Å². The van der Waals surface area contributed by atoms with Gasteiger partial charge in [0.1, 0.15) is 0 Å². The average molecular weight is 178 g/mol. The Labute approximate surface area is 74.5 Å². The molecule has 0 radical (unpaired) electrons. The molecule has 0 atom stereocenters. The lowest BCUT2D eigenvalue weighted by molar-refractivity contribution is 0.0984. The molecule has 1 aromatic carbocycles. The molecule has 1 aromatic rings. The van der Waals surface area contributed by atoms with Gasteiger partial charge in [0.05, 0.1) is 11.9 Å². The van der Waals surface area contributed by atoms with Gasteiger partial charge in [0, 0.05) is 5.56 Å². The van der Waals surface area contributed by atoms with Gasteiger partial charge in [-0.3, -0.25) is 9.52 Å². The van der Waals surface area contributed by atoms with Crippen LogP contribution < -0.4 is 4.72 Å². The van der Waals surface area contributed by atoms with Gasteiger partial charge in [0.25, 0.3) is 5.91 Å². The Hall–Kier alpha value is -1.47. The van der Waals surface area contributed by atoms with Crippen LogP contribution in [0.2, 0.25) is 0 Å². The summed E-state index contributed by atoms with van der Waals surface area (Å²) in [4.78, 5) is 11.1. The predicted molar refractivity (Wildman–Crippen MR) is 47.1 cm³/mol. The summed E-state index contributed by atoms with van der Waals surface area (Å²) in [5, 5.41) is 9.91. The van der Waals surface area contributed by atoms with Crippen LogP contribution in [0.1, 0.15) is 10.4 Å². The van der Waals surface area contributed by atoms with Crippen molar-refractivity contribution in [3.8, 4) is 5.40 Å². The Morgan fingerprint density at radius 2 is 2.08 bits per heavy atom. The summed E-state index contributed by atoms with van der Waals surface area (Å²) in [5.74, 6) is -0.248. The fourth-order valence-corrected chi connectivity index (χ4v) is 0.974. The molecule has 0 fully saturated rings. The molecule has 60 valence electrons. The highest BCUT2D eigenvalue weighted by molar-refractivity contribution is 8.02. The van der Waals surface area contributed by atoms with Crippen molar-refractivity contribution in [1.29, 1.82) is 5.26 Å². The molecule has 1 amide bonds. The van der Waals surface area contributed by atoms with Gasteiger partial charge < -0.3 is 0 Å². The van der Waals surface area contributed by atoms with Crippen molar-refractivity contribution in [2.24, 2.45) is 0 Å². The van der Waals surface area contributed by atoms with Crippen molar-refractivity contribution in [1.82, 2.24) is 4.72 Å². The SMILES string of the molecule is N#CSNC(=O)c1ccccc1. The number of carbonyl (C=O) groups is 1. The summed E-state index contributed by atoms with van der Waals surface area (Å²) < 4.78 is 2.37. The summed E-state index contributed by atoms with van der Waals surface area (Å²) in [7, 11) is 0. The number of benzene rings is 1. The van der Waals surface area contributed by atoms with Gasteiger partial charge in [0.2, 0.25) is 0 Å². The van der Waals surface area contributed by atoms with Crippen molar-refractivity contribution < 1.29 is 4.79 Å². The lowest BCUT2D eigenvalue weighted by atomic mass is 10.2. The van der Waals surface area contributed by atoms with Gasteiger partial charge in [0.15, 0.2) is 5.40 Å². The third-order valence-corrected chi connectivity index (χ3v) is 1.60. The van der Waals surface area contributed by atoms with Gasteiger partial charge in [-0.05, 0) is 12.1 Å². The van der Waals surface area contributed by atoms with Gasteiger partial charge >= 0.3 is 0 Å². The second-order valence-electron chi connectivity index (χ2n) is 1.99. The van der Waals surface area contributed by atoms with Gasteiger partial charge in [-0.15, -0.1) is 0 Å². The molecule has 1 N–H and O–H groups in total. The monoisotopic (exact) mass is 178 g/mol. The van der Waals surface area contributed by atoms with Gasteiger partial charge in [-0.25, -0.2) is 0 Å². The van der Waals surface area contributed by atoms with E-state index in [9.17, 15) is 4.79 Å². The summed E-state index contributed by atoms with van der Waals surface area (Å²) in [6.07, 6.45) is 0. The minimum Gasteiger partial charge on any atom is -0.283 e. The zero-order valence-corrected chi connectivity index (χ0v) is 6.97. The topological polar surface area (TPSA) is 52.9 Å². The molecule has 0 aliphatic rings. The molecule has 0 bridgehead atoms. The molecule has 0 saturated carbocycles. The van der Waals surface area contributed by atoms with Crippen molar-refractivity contribution >= 4 is 17.9 Å². The van der Waals surface area contributed by atoms with E-state index in [1.807, 2.05) is 6.07 Å². The number of nitrogens with zero attached hydrogens (tertiary/aromatic N) is 1. The van der Waals surface area contributed by atoms with E-state index in [1.165, 1.54) is 0 Å². The standard InChI is InChI=1S/C8H6N2OS/c9-6-12-10-8(11)7-4-2-1-3-5-7/h1-5H,(H,10,11). The van der Waals surface area contributed by atoms with Crippen LogP contribution in [0.15, 0.2) is 30.3 Å². The van der Waals surface area contributed by atoms with E-state index >= 15 is 0 Å². The van der Waals surface area contributed by atoms with E-state index in [1.54, 1.807) is 29.7 Å². The number of hydrogen-bond acceptors (Lipinski definition) is 3. The first-order chi connectivity index (χ1) is 5.84. The Bertz CT molecular complexity index is 305. The predicted octanol–water partition coefficient (Wildman–Crippen LogP) is 1.55. The lowest BCUT2D eigenvalue weighted by Crippen LogP contribution is -2.14. The summed E-state index contributed by atoms with van der Waals surface area (Å²) >= 11 is 0.717. The molecule has 12 heavy (non-hydrogen) atoms. The molecule has 0 saturated heterocycles. The molecule has 0 spiro atoms. The summed E-state index contributed by atoms with van der Waals surface area (Å²) in [6.45, 7) is 0. The first-order valence-corrected chi connectivity index (χ1v) is 4.06. The highest BCUT2D eigenvalue weighted by Gasteiger charge is 2.01. The van der Waals surface area contributed by atoms with Crippen LogP contribution in [0.3, 0.4) is 0 Å². The van der Waals surface area contributed by atoms with Crippen LogP contribution in [-0.4, -0.2) is 5.91 Å². The highest BCUT2D eigenvalue weighted by atomic mass is 32.2. The number of rotatable bonds is 2. The minimum atomic E-state index is -0.248. The molecular weight excluding hydrogens is 172 g/mol. The van der Waals surface area contributed by atoms with Crippen LogP contribution in [0.25, 0.3) is 0 Å². The average Bonchev–Trinajstić information content (AvgIpc) is 2.15. The quantitative estimate of drug-likeness (QED) is 0.552. The Balaban J connectivity index is 2.61. The van der Waals surface area contributed by atoms with Crippen molar-refractivity contribution in [2.75, 3.05) is 0 Å². The maximum absolute atomic E-state index is 11.1. The molecule has 0 aliphatic carbocycles. The largest absolute Gasteiger partial charge is 0.283 e. The number of amides is 1. The molecule has 1 rings (SSSR count). The molecule has 3 nitrogen and oxygen atoms in total. The van der Waals surface area contributed by atoms with Crippen LogP contribution in [0.4, 0.5) is 0 Å². The molecule has 0 aromatic heterocycles. The minimum absolute atomic E-state index is 0.248. The second-order valence-corrected chi connectivity index (χ2v) is 2.58. The Morgan fingerprint density at radius 3 is 2.67 bits per heavy atom. The van der Waals surface area contributed by atoms with Crippen LogP contribution in [-0.2, 0) is 0 Å².